The average molecular weight is 550 g/mol. The summed E-state index contributed by atoms with van der Waals surface area (Å²) in [5.41, 5.74) is 2.36. The molecule has 2 aliphatic heterocycles. The fraction of sp³-hybridized carbons (Fsp3) is 0.480. The highest BCUT2D eigenvalue weighted by atomic mass is 127. The van der Waals surface area contributed by atoms with E-state index in [0.29, 0.717) is 19.2 Å². The molecule has 0 spiro atoms. The second kappa shape index (κ2) is 13.0. The van der Waals surface area contributed by atoms with E-state index in [0.717, 1.165) is 57.6 Å². The Hall–Kier alpha value is -1.84. The molecular formula is C25H35IN4O2. The molecule has 0 aliphatic carbocycles. The van der Waals surface area contributed by atoms with E-state index in [1.54, 1.807) is 0 Å². The van der Waals surface area contributed by atoms with Crippen molar-refractivity contribution in [1.29, 1.82) is 0 Å². The number of hydrogen-bond acceptors (Lipinski definition) is 4. The van der Waals surface area contributed by atoms with E-state index in [1.165, 1.54) is 17.5 Å². The van der Waals surface area contributed by atoms with E-state index in [9.17, 15) is 0 Å². The minimum absolute atomic E-state index is 0. The van der Waals surface area contributed by atoms with Crippen LogP contribution >= 0.6 is 24.0 Å². The highest BCUT2D eigenvalue weighted by molar-refractivity contribution is 14.0. The Bertz CT molecular complexity index is 826. The van der Waals surface area contributed by atoms with Gasteiger partial charge >= 0.3 is 0 Å². The molecule has 32 heavy (non-hydrogen) atoms. The fourth-order valence-corrected chi connectivity index (χ4v) is 4.20. The van der Waals surface area contributed by atoms with E-state index in [1.807, 2.05) is 30.3 Å². The molecule has 2 aliphatic rings. The van der Waals surface area contributed by atoms with Crippen molar-refractivity contribution in [2.45, 2.75) is 32.5 Å². The van der Waals surface area contributed by atoms with Gasteiger partial charge in [0.1, 0.15) is 12.4 Å². The predicted molar refractivity (Wildman–Crippen MR) is 140 cm³/mol. The summed E-state index contributed by atoms with van der Waals surface area (Å²) in [6.07, 6.45) is 1.19. The molecule has 2 aromatic rings. The van der Waals surface area contributed by atoms with Crippen molar-refractivity contribution in [3.8, 4) is 5.75 Å². The van der Waals surface area contributed by atoms with Crippen molar-refractivity contribution < 1.29 is 9.47 Å². The number of halogens is 1. The lowest BCUT2D eigenvalue weighted by molar-refractivity contribution is 0.0195. The van der Waals surface area contributed by atoms with Crippen molar-refractivity contribution in [3.05, 3.63) is 65.7 Å². The highest BCUT2D eigenvalue weighted by Gasteiger charge is 2.30. The number of nitrogens with zero attached hydrogens (tertiary/aromatic N) is 3. The summed E-state index contributed by atoms with van der Waals surface area (Å²) in [5.74, 6) is 1.90. The summed E-state index contributed by atoms with van der Waals surface area (Å²) in [5, 5.41) is 3.48. The van der Waals surface area contributed by atoms with E-state index in [2.05, 4.69) is 46.3 Å². The first kappa shape index (κ1) is 24.8. The third-order valence-electron chi connectivity index (χ3n) is 5.94. The monoisotopic (exact) mass is 550 g/mol. The number of benzene rings is 2. The van der Waals surface area contributed by atoms with E-state index < -0.39 is 0 Å². The molecule has 0 aromatic heterocycles. The third-order valence-corrected chi connectivity index (χ3v) is 5.94. The lowest BCUT2D eigenvalue weighted by atomic mass is 10.2. The van der Waals surface area contributed by atoms with Crippen LogP contribution in [0.2, 0.25) is 0 Å². The van der Waals surface area contributed by atoms with Gasteiger partial charge in [0, 0.05) is 38.8 Å². The average Bonchev–Trinajstić information content (AvgIpc) is 3.33. The molecule has 2 heterocycles. The molecule has 0 saturated carbocycles. The summed E-state index contributed by atoms with van der Waals surface area (Å²) in [6.45, 7) is 10.2. The number of morpholine rings is 1. The number of hydrogen-bond donors (Lipinski definition) is 1. The first-order chi connectivity index (χ1) is 15.3. The van der Waals surface area contributed by atoms with Crippen LogP contribution in [-0.4, -0.2) is 67.7 Å². The minimum atomic E-state index is 0. The van der Waals surface area contributed by atoms with Gasteiger partial charge in [-0.25, -0.2) is 4.99 Å². The predicted octanol–water partition coefficient (Wildman–Crippen LogP) is 3.76. The van der Waals surface area contributed by atoms with Crippen LogP contribution in [0.1, 0.15) is 24.5 Å². The van der Waals surface area contributed by atoms with Gasteiger partial charge in [0.25, 0.3) is 0 Å². The van der Waals surface area contributed by atoms with E-state index in [4.69, 9.17) is 14.5 Å². The third kappa shape index (κ3) is 7.08. The van der Waals surface area contributed by atoms with Gasteiger partial charge in [-0.2, -0.15) is 0 Å². The van der Waals surface area contributed by atoms with Gasteiger partial charge < -0.3 is 19.7 Å². The van der Waals surface area contributed by atoms with Crippen molar-refractivity contribution in [2.75, 3.05) is 45.9 Å². The largest absolute Gasteiger partial charge is 0.489 e. The van der Waals surface area contributed by atoms with Gasteiger partial charge in [0.2, 0.25) is 0 Å². The Morgan fingerprint density at radius 1 is 1.03 bits per heavy atom. The molecule has 0 radical (unpaired) electrons. The number of rotatable bonds is 7. The topological polar surface area (TPSA) is 49.3 Å². The zero-order chi connectivity index (χ0) is 21.3. The van der Waals surface area contributed by atoms with Gasteiger partial charge in [0.05, 0.1) is 19.8 Å². The second-order valence-corrected chi connectivity index (χ2v) is 8.13. The molecular weight excluding hydrogens is 515 g/mol. The number of likely N-dealkylation sites (tertiary alicyclic amines) is 1. The molecule has 0 amide bonds. The second-order valence-electron chi connectivity index (χ2n) is 8.13. The zero-order valence-electron chi connectivity index (χ0n) is 18.9. The van der Waals surface area contributed by atoms with Gasteiger partial charge in [-0.05, 0) is 36.6 Å². The molecule has 1 unspecified atom stereocenters. The summed E-state index contributed by atoms with van der Waals surface area (Å²) < 4.78 is 11.4. The Balaban J connectivity index is 0.00000289. The van der Waals surface area contributed by atoms with Crippen LogP contribution in [0.15, 0.2) is 59.6 Å². The van der Waals surface area contributed by atoms with Crippen LogP contribution in [-0.2, 0) is 17.9 Å². The molecule has 2 fully saturated rings. The van der Waals surface area contributed by atoms with Crippen LogP contribution in [0.5, 0.6) is 5.75 Å². The number of aliphatic imine (C=N–C) groups is 1. The van der Waals surface area contributed by atoms with Gasteiger partial charge in [-0.3, -0.25) is 4.90 Å². The van der Waals surface area contributed by atoms with Crippen LogP contribution in [0.3, 0.4) is 0 Å². The normalized spacial score (nSPS) is 19.5. The SMILES string of the molecule is CCNC(=NCc1ccc(OCc2ccccc2)cc1)N1CCC(N2CCOCC2)C1.I. The van der Waals surface area contributed by atoms with Crippen molar-refractivity contribution >= 4 is 29.9 Å². The lowest BCUT2D eigenvalue weighted by Gasteiger charge is -2.32. The van der Waals surface area contributed by atoms with E-state index in [-0.39, 0.29) is 24.0 Å². The van der Waals surface area contributed by atoms with Crippen LogP contribution in [0.25, 0.3) is 0 Å². The molecule has 2 saturated heterocycles. The maximum Gasteiger partial charge on any atom is 0.194 e. The van der Waals surface area contributed by atoms with Crippen molar-refractivity contribution in [2.24, 2.45) is 4.99 Å². The standard InChI is InChI=1S/C25H34N4O2.HI/c1-2-26-25(29-13-12-23(19-29)28-14-16-30-17-15-28)27-18-21-8-10-24(11-9-21)31-20-22-6-4-3-5-7-22;/h3-11,23H,2,12-20H2,1H3,(H,26,27);1H. The van der Waals surface area contributed by atoms with Crippen LogP contribution in [0, 0.1) is 0 Å². The molecule has 4 rings (SSSR count). The molecule has 174 valence electrons. The van der Waals surface area contributed by atoms with Crippen LogP contribution in [0.4, 0.5) is 0 Å². The number of ether oxygens (including phenoxy) is 2. The quantitative estimate of drug-likeness (QED) is 0.324. The van der Waals surface area contributed by atoms with Gasteiger partial charge in [-0.15, -0.1) is 24.0 Å². The highest BCUT2D eigenvalue weighted by Crippen LogP contribution is 2.18. The van der Waals surface area contributed by atoms with Gasteiger partial charge in [0.15, 0.2) is 5.96 Å². The molecule has 2 aromatic carbocycles. The summed E-state index contributed by atoms with van der Waals surface area (Å²) >= 11 is 0. The molecule has 1 atom stereocenters. The maximum atomic E-state index is 5.89. The van der Waals surface area contributed by atoms with Crippen LogP contribution < -0.4 is 10.1 Å². The Labute approximate surface area is 209 Å². The smallest absolute Gasteiger partial charge is 0.194 e. The van der Waals surface area contributed by atoms with E-state index >= 15 is 0 Å². The first-order valence-electron chi connectivity index (χ1n) is 11.4. The Morgan fingerprint density at radius 2 is 1.78 bits per heavy atom. The summed E-state index contributed by atoms with van der Waals surface area (Å²) in [6, 6.07) is 19.1. The minimum Gasteiger partial charge on any atom is -0.489 e. The Morgan fingerprint density at radius 3 is 2.50 bits per heavy atom. The number of guanidine groups is 1. The summed E-state index contributed by atoms with van der Waals surface area (Å²) in [4.78, 5) is 9.89. The molecule has 0 bridgehead atoms. The number of nitrogens with one attached hydrogen (secondary N) is 1. The molecule has 7 heteroatoms. The maximum absolute atomic E-state index is 5.89. The lowest BCUT2D eigenvalue weighted by Crippen LogP contribution is -2.46. The Kier molecular flexibility index (Phi) is 10.1. The molecule has 6 nitrogen and oxygen atoms in total. The molecule has 1 N–H and O–H groups in total. The zero-order valence-corrected chi connectivity index (χ0v) is 21.2. The fourth-order valence-electron chi connectivity index (χ4n) is 4.20. The van der Waals surface area contributed by atoms with Crippen molar-refractivity contribution in [3.63, 3.8) is 0 Å². The summed E-state index contributed by atoms with van der Waals surface area (Å²) in [7, 11) is 0. The first-order valence-corrected chi connectivity index (χ1v) is 11.4. The van der Waals surface area contributed by atoms with Gasteiger partial charge in [-0.1, -0.05) is 42.5 Å². The van der Waals surface area contributed by atoms with Crippen molar-refractivity contribution in [1.82, 2.24) is 15.1 Å².